The summed E-state index contributed by atoms with van der Waals surface area (Å²) in [5, 5.41) is 0. The summed E-state index contributed by atoms with van der Waals surface area (Å²) in [5.41, 5.74) is 0. The summed E-state index contributed by atoms with van der Waals surface area (Å²) in [7, 11) is -1.02. The summed E-state index contributed by atoms with van der Waals surface area (Å²) in [6, 6.07) is 0. The fourth-order valence-corrected chi connectivity index (χ4v) is 0.853. The second-order valence-corrected chi connectivity index (χ2v) is 3.21. The first-order valence-electron chi connectivity index (χ1n) is 2.78. The van der Waals surface area contributed by atoms with Crippen LogP contribution in [0.5, 0.6) is 0 Å². The van der Waals surface area contributed by atoms with Gasteiger partial charge in [0.2, 0.25) is 0 Å². The smallest absolute Gasteiger partial charge is 0.144 e. The number of nitrogens with one attached hydrogen (secondary N) is 1. The molecule has 1 N–H and O–H groups in total. The van der Waals surface area contributed by atoms with Crippen molar-refractivity contribution in [3.8, 4) is 0 Å². The zero-order valence-electron chi connectivity index (χ0n) is 5.64. The maximum atomic E-state index is 10.6. The molecule has 1 atom stereocenters. The van der Waals surface area contributed by atoms with E-state index in [1.54, 1.807) is 6.92 Å². The molecule has 54 valence electrons. The van der Waals surface area contributed by atoms with Crippen LogP contribution in [0, 0.1) is 0 Å². The first-order valence-corrected chi connectivity index (χ1v) is 4.10. The third kappa shape index (κ3) is 5.65. The van der Waals surface area contributed by atoms with Gasteiger partial charge < -0.3 is 0 Å². The van der Waals surface area contributed by atoms with E-state index >= 15 is 0 Å². The van der Waals surface area contributed by atoms with Gasteiger partial charge in [-0.1, -0.05) is 6.92 Å². The van der Waals surface area contributed by atoms with Gasteiger partial charge in [0, 0.05) is 5.75 Å². The van der Waals surface area contributed by atoms with Crippen LogP contribution in [0.2, 0.25) is 0 Å². The number of carbonyl (C=O) groups is 1. The molecular formula is C5H11NO2S. The van der Waals surface area contributed by atoms with Crippen LogP contribution in [0.1, 0.15) is 13.8 Å². The molecule has 0 aliphatic heterocycles. The van der Waals surface area contributed by atoms with E-state index in [0.29, 0.717) is 5.75 Å². The van der Waals surface area contributed by atoms with Crippen molar-refractivity contribution in [1.29, 1.82) is 0 Å². The molecule has 0 aliphatic rings. The summed E-state index contributed by atoms with van der Waals surface area (Å²) in [5.74, 6) is 0.560. The number of ketones is 1. The highest BCUT2D eigenvalue weighted by Crippen LogP contribution is 1.72. The zero-order chi connectivity index (χ0) is 7.28. The van der Waals surface area contributed by atoms with Crippen molar-refractivity contribution in [2.75, 3.05) is 12.3 Å². The van der Waals surface area contributed by atoms with Gasteiger partial charge in [0.25, 0.3) is 0 Å². The molecule has 0 saturated carbocycles. The van der Waals surface area contributed by atoms with E-state index in [9.17, 15) is 9.00 Å². The van der Waals surface area contributed by atoms with E-state index in [-0.39, 0.29) is 12.3 Å². The molecule has 0 bridgehead atoms. The molecule has 0 aromatic rings. The summed E-state index contributed by atoms with van der Waals surface area (Å²) >= 11 is 0. The van der Waals surface area contributed by atoms with Crippen LogP contribution in [-0.2, 0) is 15.8 Å². The Labute approximate surface area is 57.4 Å². The third-order valence-corrected chi connectivity index (χ3v) is 1.73. The Morgan fingerprint density at radius 2 is 2.22 bits per heavy atom. The summed E-state index contributed by atoms with van der Waals surface area (Å²) in [6.07, 6.45) is 0. The summed E-state index contributed by atoms with van der Waals surface area (Å²) < 4.78 is 13.1. The van der Waals surface area contributed by atoms with Crippen molar-refractivity contribution in [2.24, 2.45) is 0 Å². The number of hydrogen-bond donors (Lipinski definition) is 1. The van der Waals surface area contributed by atoms with E-state index in [1.165, 1.54) is 6.92 Å². The highest BCUT2D eigenvalue weighted by atomic mass is 32.2. The average molecular weight is 149 g/mol. The molecule has 0 aromatic carbocycles. The quantitative estimate of drug-likeness (QED) is 0.604. The Kier molecular flexibility index (Phi) is 4.53. The van der Waals surface area contributed by atoms with Crippen LogP contribution in [0.25, 0.3) is 0 Å². The number of Topliss-reactive ketones (excluding diaryl/α,β-unsaturated/α-hetero) is 1. The second kappa shape index (κ2) is 4.64. The molecule has 0 fully saturated rings. The van der Waals surface area contributed by atoms with Crippen molar-refractivity contribution in [3.05, 3.63) is 0 Å². The van der Waals surface area contributed by atoms with Gasteiger partial charge in [-0.3, -0.25) is 4.79 Å². The lowest BCUT2D eigenvalue weighted by Gasteiger charge is -1.96. The molecule has 0 rings (SSSR count). The minimum atomic E-state index is -1.02. The Balaban J connectivity index is 3.28. The van der Waals surface area contributed by atoms with Crippen LogP contribution in [0.15, 0.2) is 0 Å². The Morgan fingerprint density at radius 3 is 2.56 bits per heavy atom. The maximum absolute atomic E-state index is 10.6. The molecule has 9 heavy (non-hydrogen) atoms. The highest BCUT2D eigenvalue weighted by molar-refractivity contribution is 7.82. The summed E-state index contributed by atoms with van der Waals surface area (Å²) in [6.45, 7) is 3.46. The maximum Gasteiger partial charge on any atom is 0.144 e. The molecule has 0 spiro atoms. The molecule has 0 aromatic heterocycles. The number of hydrogen-bond acceptors (Lipinski definition) is 2. The zero-order valence-corrected chi connectivity index (χ0v) is 6.46. The van der Waals surface area contributed by atoms with Gasteiger partial charge in [-0.2, -0.15) is 0 Å². The van der Waals surface area contributed by atoms with E-state index in [0.717, 1.165) is 0 Å². The van der Waals surface area contributed by atoms with Crippen molar-refractivity contribution in [3.63, 3.8) is 0 Å². The topological polar surface area (TPSA) is 46.2 Å². The van der Waals surface area contributed by atoms with Crippen LogP contribution in [-0.4, -0.2) is 22.3 Å². The lowest BCUT2D eigenvalue weighted by atomic mass is 10.5. The van der Waals surface area contributed by atoms with E-state index in [4.69, 9.17) is 0 Å². The lowest BCUT2D eigenvalue weighted by Crippen LogP contribution is -2.24. The third-order valence-electron chi connectivity index (χ3n) is 0.744. The molecule has 0 amide bonds. The fraction of sp³-hybridized carbons (Fsp3) is 0.800. The Morgan fingerprint density at radius 1 is 1.67 bits per heavy atom. The van der Waals surface area contributed by atoms with Crippen LogP contribution < -0.4 is 4.72 Å². The monoisotopic (exact) mass is 149 g/mol. The second-order valence-electron chi connectivity index (χ2n) is 1.66. The van der Waals surface area contributed by atoms with E-state index in [2.05, 4.69) is 4.72 Å². The molecule has 0 aliphatic carbocycles. The minimum absolute atomic E-state index is 0.0109. The van der Waals surface area contributed by atoms with Crippen molar-refractivity contribution >= 4 is 16.8 Å². The van der Waals surface area contributed by atoms with Crippen molar-refractivity contribution < 1.29 is 9.00 Å². The van der Waals surface area contributed by atoms with Gasteiger partial charge in [0.1, 0.15) is 5.78 Å². The first kappa shape index (κ1) is 8.78. The predicted molar refractivity (Wildman–Crippen MR) is 37.4 cm³/mol. The first-order chi connectivity index (χ1) is 4.16. The van der Waals surface area contributed by atoms with E-state index in [1.807, 2.05) is 0 Å². The van der Waals surface area contributed by atoms with Gasteiger partial charge in [0.05, 0.1) is 17.5 Å². The standard InChI is InChI=1S/C5H11NO2S/c1-3-9(8)6-4-5(2)7/h6H,3-4H2,1-2H3. The highest BCUT2D eigenvalue weighted by Gasteiger charge is 1.95. The van der Waals surface area contributed by atoms with Crippen molar-refractivity contribution in [2.45, 2.75) is 13.8 Å². The predicted octanol–water partition coefficient (Wildman–Crippen LogP) is -0.151. The number of rotatable bonds is 4. The molecule has 3 nitrogen and oxygen atoms in total. The normalized spacial score (nSPS) is 13.1. The van der Waals surface area contributed by atoms with Crippen LogP contribution in [0.3, 0.4) is 0 Å². The van der Waals surface area contributed by atoms with Crippen molar-refractivity contribution in [1.82, 2.24) is 4.72 Å². The minimum Gasteiger partial charge on any atom is -0.299 e. The summed E-state index contributed by atoms with van der Waals surface area (Å²) in [4.78, 5) is 10.3. The van der Waals surface area contributed by atoms with Crippen LogP contribution >= 0.6 is 0 Å². The molecule has 0 radical (unpaired) electrons. The van der Waals surface area contributed by atoms with E-state index < -0.39 is 11.0 Å². The SMILES string of the molecule is CCS(=O)NCC(C)=O. The largest absolute Gasteiger partial charge is 0.299 e. The van der Waals surface area contributed by atoms with Gasteiger partial charge >= 0.3 is 0 Å². The van der Waals surface area contributed by atoms with Gasteiger partial charge in [-0.15, -0.1) is 0 Å². The molecule has 0 heterocycles. The molecule has 0 saturated heterocycles. The molecular weight excluding hydrogens is 138 g/mol. The number of carbonyl (C=O) groups excluding carboxylic acids is 1. The molecule has 4 heteroatoms. The lowest BCUT2D eigenvalue weighted by molar-refractivity contribution is -0.115. The fourth-order valence-electron chi connectivity index (χ4n) is 0.284. The molecule has 1 unspecified atom stereocenters. The van der Waals surface area contributed by atoms with Crippen LogP contribution in [0.4, 0.5) is 0 Å². The average Bonchev–Trinajstić information content (AvgIpc) is 1.83. The van der Waals surface area contributed by atoms with Gasteiger partial charge in [-0.25, -0.2) is 8.93 Å². The van der Waals surface area contributed by atoms with Gasteiger partial charge in [0.15, 0.2) is 0 Å². The Hall–Kier alpha value is -0.220. The van der Waals surface area contributed by atoms with Gasteiger partial charge in [-0.05, 0) is 6.92 Å². The Bertz CT molecular complexity index is 124.